The number of fused-ring (bicyclic) bond motifs is 16. The lowest BCUT2D eigenvalue weighted by Gasteiger charge is -2.43. The second-order valence-corrected chi connectivity index (χ2v) is 18.4. The highest BCUT2D eigenvalue weighted by Gasteiger charge is 2.42. The van der Waals surface area contributed by atoms with Gasteiger partial charge in [-0.3, -0.25) is 0 Å². The Morgan fingerprint density at radius 2 is 1.13 bits per heavy atom. The third-order valence-corrected chi connectivity index (χ3v) is 15.5. The molecule has 288 valence electrons. The van der Waals surface area contributed by atoms with Crippen molar-refractivity contribution >= 4 is 37.9 Å². The van der Waals surface area contributed by atoms with E-state index in [1.165, 1.54) is 65.7 Å². The zero-order valence-corrected chi connectivity index (χ0v) is 34.0. The first-order valence-electron chi connectivity index (χ1n) is 22.5. The Morgan fingerprint density at radius 1 is 0.467 bits per heavy atom. The molecule has 60 heavy (non-hydrogen) atoms. The van der Waals surface area contributed by atoms with Gasteiger partial charge in [-0.05, 0) is 161 Å². The molecule has 0 saturated carbocycles. The monoisotopic (exact) mass is 768 g/mol. The predicted octanol–water partition coefficient (Wildman–Crippen LogP) is 15.4. The van der Waals surface area contributed by atoms with Gasteiger partial charge in [0, 0.05) is 17.8 Å². The van der Waals surface area contributed by atoms with Gasteiger partial charge in [-0.1, -0.05) is 176 Å². The molecular weight excluding hydrogens is 721 g/mol. The molecule has 5 aromatic carbocycles. The molecule has 7 atom stereocenters. The van der Waals surface area contributed by atoms with Crippen molar-refractivity contribution in [3.63, 3.8) is 0 Å². The van der Waals surface area contributed by atoms with Crippen LogP contribution in [0.1, 0.15) is 49.1 Å². The van der Waals surface area contributed by atoms with Crippen LogP contribution in [0.2, 0.25) is 0 Å². The molecule has 5 aromatic rings. The molecule has 8 aliphatic carbocycles. The van der Waals surface area contributed by atoms with Crippen molar-refractivity contribution in [2.24, 2.45) is 35.5 Å². The van der Waals surface area contributed by atoms with E-state index in [1.807, 2.05) is 0 Å². The van der Waals surface area contributed by atoms with Gasteiger partial charge >= 0.3 is 0 Å². The Hall–Kier alpha value is -6.24. The smallest absolute Gasteiger partial charge is 0.00988 e. The number of hydrogen-bond donors (Lipinski definition) is 0. The van der Waals surface area contributed by atoms with Gasteiger partial charge in [-0.2, -0.15) is 0 Å². The molecule has 0 bridgehead atoms. The Kier molecular flexibility index (Phi) is 7.87. The first-order valence-corrected chi connectivity index (χ1v) is 22.5. The van der Waals surface area contributed by atoms with Crippen LogP contribution < -0.4 is 0 Å². The molecule has 0 heteroatoms. The van der Waals surface area contributed by atoms with Crippen LogP contribution in [0.25, 0.3) is 49.0 Å². The predicted molar refractivity (Wildman–Crippen MR) is 253 cm³/mol. The van der Waals surface area contributed by atoms with Gasteiger partial charge in [0.15, 0.2) is 0 Å². The van der Waals surface area contributed by atoms with E-state index in [9.17, 15) is 0 Å². The minimum absolute atomic E-state index is 0.299. The average Bonchev–Trinajstić information content (AvgIpc) is 3.33. The summed E-state index contributed by atoms with van der Waals surface area (Å²) in [7, 11) is 0. The first-order chi connectivity index (χ1) is 29.7. The second kappa shape index (κ2) is 13.7. The van der Waals surface area contributed by atoms with Gasteiger partial charge in [-0.25, -0.2) is 0 Å². The van der Waals surface area contributed by atoms with Crippen LogP contribution in [-0.2, 0) is 0 Å². The summed E-state index contributed by atoms with van der Waals surface area (Å²) in [4.78, 5) is 0. The quantitative estimate of drug-likeness (QED) is 0.160. The van der Waals surface area contributed by atoms with Crippen LogP contribution >= 0.6 is 0 Å². The van der Waals surface area contributed by atoms with Crippen molar-refractivity contribution < 1.29 is 0 Å². The van der Waals surface area contributed by atoms with Gasteiger partial charge in [0.1, 0.15) is 0 Å². The van der Waals surface area contributed by atoms with Gasteiger partial charge in [0.2, 0.25) is 0 Å². The molecule has 0 aromatic heterocycles. The Balaban J connectivity index is 0.971. The number of rotatable bonds is 3. The van der Waals surface area contributed by atoms with E-state index in [1.54, 1.807) is 27.9 Å². The molecule has 0 fully saturated rings. The fraction of sp³-hybridized carbons (Fsp3) is 0.200. The third kappa shape index (κ3) is 5.29. The van der Waals surface area contributed by atoms with E-state index in [2.05, 4.69) is 188 Å². The van der Waals surface area contributed by atoms with Crippen molar-refractivity contribution in [1.29, 1.82) is 0 Å². The highest BCUT2D eigenvalue weighted by Crippen LogP contribution is 2.54. The van der Waals surface area contributed by atoms with E-state index in [0.717, 1.165) is 32.1 Å². The van der Waals surface area contributed by atoms with Crippen molar-refractivity contribution in [3.05, 3.63) is 233 Å². The summed E-state index contributed by atoms with van der Waals surface area (Å²) in [5.74, 6) is 3.32. The molecule has 0 nitrogen and oxygen atoms in total. The Bertz CT molecular complexity index is 3060. The summed E-state index contributed by atoms with van der Waals surface area (Å²) in [6.07, 6.45) is 47.0. The summed E-state index contributed by atoms with van der Waals surface area (Å²) >= 11 is 0. The van der Waals surface area contributed by atoms with Crippen molar-refractivity contribution in [2.45, 2.75) is 38.0 Å². The lowest BCUT2D eigenvalue weighted by atomic mass is 9.60. The molecule has 8 aliphatic rings. The number of hydrogen-bond acceptors (Lipinski definition) is 0. The topological polar surface area (TPSA) is 0 Å². The molecular formula is C60H48. The first kappa shape index (κ1) is 34.6. The lowest BCUT2D eigenvalue weighted by Crippen LogP contribution is -2.33. The second-order valence-electron chi connectivity index (χ2n) is 18.4. The van der Waals surface area contributed by atoms with Crippen LogP contribution in [0.4, 0.5) is 0 Å². The molecule has 0 N–H and O–H groups in total. The van der Waals surface area contributed by atoms with Crippen LogP contribution in [0.3, 0.4) is 0 Å². The largest absolute Gasteiger partial charge is 0.0839 e. The minimum atomic E-state index is 0.299. The van der Waals surface area contributed by atoms with Crippen LogP contribution in [-0.4, -0.2) is 0 Å². The van der Waals surface area contributed by atoms with E-state index in [-0.39, 0.29) is 0 Å². The fourth-order valence-corrected chi connectivity index (χ4v) is 12.7. The van der Waals surface area contributed by atoms with Gasteiger partial charge in [0.05, 0.1) is 0 Å². The summed E-state index contributed by atoms with van der Waals surface area (Å²) in [6, 6.07) is 32.7. The average molecular weight is 769 g/mol. The summed E-state index contributed by atoms with van der Waals surface area (Å²) in [5, 5.41) is 7.94. The van der Waals surface area contributed by atoms with Crippen molar-refractivity contribution in [2.75, 3.05) is 0 Å². The SMILES string of the molecule is C1=CCC2C(=C1)C1=C(C=CCC1)C1C=C(c3cc(-c4ccc5c6ccccc6c6ccccc6c5c4)cc(C4C=CC5=C(C4)C4=CC=CCC4C4C=CC=CC54)c3)C=CC12. The normalized spacial score (nSPS) is 28.2. The van der Waals surface area contributed by atoms with Gasteiger partial charge in [0.25, 0.3) is 0 Å². The number of allylic oxidation sites excluding steroid dienone is 24. The molecule has 0 spiro atoms. The summed E-state index contributed by atoms with van der Waals surface area (Å²) in [6.45, 7) is 0. The molecule has 0 amide bonds. The van der Waals surface area contributed by atoms with E-state index < -0.39 is 0 Å². The molecule has 0 radical (unpaired) electrons. The van der Waals surface area contributed by atoms with E-state index >= 15 is 0 Å². The Morgan fingerprint density at radius 3 is 1.92 bits per heavy atom. The fourth-order valence-electron chi connectivity index (χ4n) is 12.7. The summed E-state index contributed by atoms with van der Waals surface area (Å²) < 4.78 is 0. The van der Waals surface area contributed by atoms with E-state index in [0.29, 0.717) is 41.4 Å². The van der Waals surface area contributed by atoms with Crippen LogP contribution in [0.5, 0.6) is 0 Å². The van der Waals surface area contributed by atoms with Crippen molar-refractivity contribution in [3.8, 4) is 11.1 Å². The summed E-state index contributed by atoms with van der Waals surface area (Å²) in [5.41, 5.74) is 16.2. The maximum atomic E-state index is 2.65. The maximum Gasteiger partial charge on any atom is 0.00988 e. The standard InChI is InChI=1S/C60H48/c1-4-19-49-43(13-1)46-16-7-10-22-52(46)58-34-37(25-28-55(49)58)40-31-41(38-26-29-56-50-20-5-2-14-44(50)47-17-8-11-23-53(47)59(56)35-38)33-42(32-40)39-27-30-57-51-21-6-3-15-45(51)48-18-9-12-24-54(48)60(57)36-39/h1-8,10-16,19-20,22-34,36,38,44,47,50-51,57,60H,9,17-18,21,35H2. The molecule has 0 aliphatic heterocycles. The van der Waals surface area contributed by atoms with Crippen LogP contribution in [0.15, 0.2) is 222 Å². The maximum absolute atomic E-state index is 2.65. The highest BCUT2D eigenvalue weighted by atomic mass is 14.5. The van der Waals surface area contributed by atoms with Gasteiger partial charge < -0.3 is 0 Å². The Labute approximate surface area is 353 Å². The minimum Gasteiger partial charge on any atom is -0.0839 e. The molecule has 7 unspecified atom stereocenters. The van der Waals surface area contributed by atoms with Crippen molar-refractivity contribution in [1.82, 2.24) is 0 Å². The third-order valence-electron chi connectivity index (χ3n) is 15.5. The number of benzene rings is 5. The molecule has 0 saturated heterocycles. The lowest BCUT2D eigenvalue weighted by molar-refractivity contribution is 0.369. The van der Waals surface area contributed by atoms with Crippen LogP contribution in [0, 0.1) is 35.5 Å². The zero-order chi connectivity index (χ0) is 39.3. The van der Waals surface area contributed by atoms with E-state index in [4.69, 9.17) is 0 Å². The van der Waals surface area contributed by atoms with Gasteiger partial charge in [-0.15, -0.1) is 0 Å². The highest BCUT2D eigenvalue weighted by molar-refractivity contribution is 6.25. The zero-order valence-electron chi connectivity index (χ0n) is 34.0. The molecule has 0 heterocycles. The molecule has 13 rings (SSSR count).